The van der Waals surface area contributed by atoms with E-state index < -0.39 is 11.9 Å². The second kappa shape index (κ2) is 7.49. The van der Waals surface area contributed by atoms with Crippen LogP contribution in [-0.4, -0.2) is 10.5 Å². The third kappa shape index (κ3) is 4.25. The Morgan fingerprint density at radius 2 is 1.84 bits per heavy atom. The van der Waals surface area contributed by atoms with Gasteiger partial charge in [-0.2, -0.15) is 0 Å². The molecule has 1 unspecified atom stereocenters. The quantitative estimate of drug-likeness (QED) is 0.679. The van der Waals surface area contributed by atoms with Crippen LogP contribution >= 0.6 is 11.6 Å². The van der Waals surface area contributed by atoms with Gasteiger partial charge in [-0.05, 0) is 48.0 Å². The summed E-state index contributed by atoms with van der Waals surface area (Å²) in [4.78, 5) is 12.4. The molecule has 0 aliphatic heterocycles. The number of anilines is 1. The van der Waals surface area contributed by atoms with Crippen molar-refractivity contribution in [3.8, 4) is 0 Å². The molecule has 1 heterocycles. The zero-order valence-corrected chi connectivity index (χ0v) is 13.9. The molecular weight excluding hydrogens is 346 g/mol. The van der Waals surface area contributed by atoms with Crippen LogP contribution < -0.4 is 5.32 Å². The molecule has 2 aromatic carbocycles. The molecule has 0 saturated heterocycles. The molecule has 1 atom stereocenters. The molecule has 1 amide bonds. The van der Waals surface area contributed by atoms with Crippen molar-refractivity contribution in [2.75, 3.05) is 5.32 Å². The number of carbonyl (C=O) groups is 1. The van der Waals surface area contributed by atoms with Gasteiger partial charge < -0.3 is 9.88 Å². The lowest BCUT2D eigenvalue weighted by Gasteiger charge is -2.19. The fourth-order valence-corrected chi connectivity index (χ4v) is 2.79. The van der Waals surface area contributed by atoms with Crippen molar-refractivity contribution < 1.29 is 13.6 Å². The van der Waals surface area contributed by atoms with Crippen molar-refractivity contribution in [1.29, 1.82) is 0 Å². The largest absolute Gasteiger partial charge is 0.346 e. The molecule has 128 valence electrons. The third-order valence-corrected chi connectivity index (χ3v) is 4.04. The van der Waals surface area contributed by atoms with E-state index in [9.17, 15) is 13.6 Å². The number of halogens is 3. The Bertz CT molecular complexity index is 881. The molecule has 0 fully saturated rings. The molecule has 0 radical (unpaired) electrons. The Hall–Kier alpha value is -2.66. The lowest BCUT2D eigenvalue weighted by atomic mass is 10.0. The first-order chi connectivity index (χ1) is 12.0. The molecule has 25 heavy (non-hydrogen) atoms. The topological polar surface area (TPSA) is 34.0 Å². The van der Waals surface area contributed by atoms with Gasteiger partial charge in [0.25, 0.3) is 0 Å². The molecule has 0 saturated carbocycles. The van der Waals surface area contributed by atoms with Crippen LogP contribution in [0, 0.1) is 11.6 Å². The highest BCUT2D eigenvalue weighted by Crippen LogP contribution is 2.25. The van der Waals surface area contributed by atoms with E-state index in [1.54, 1.807) is 24.5 Å². The van der Waals surface area contributed by atoms with Gasteiger partial charge in [-0.1, -0.05) is 23.7 Å². The second-order valence-corrected chi connectivity index (χ2v) is 6.01. The van der Waals surface area contributed by atoms with Crippen LogP contribution in [0.2, 0.25) is 5.02 Å². The number of amides is 1. The van der Waals surface area contributed by atoms with Gasteiger partial charge in [0, 0.05) is 17.4 Å². The van der Waals surface area contributed by atoms with Gasteiger partial charge >= 0.3 is 0 Å². The molecule has 0 aliphatic rings. The normalized spacial score (nSPS) is 12.0. The van der Waals surface area contributed by atoms with Crippen molar-refractivity contribution in [3.05, 3.63) is 89.2 Å². The van der Waals surface area contributed by atoms with Gasteiger partial charge in [0.05, 0.1) is 18.2 Å². The van der Waals surface area contributed by atoms with E-state index in [0.29, 0.717) is 5.56 Å². The maximum absolute atomic E-state index is 13.8. The van der Waals surface area contributed by atoms with Crippen LogP contribution in [0.25, 0.3) is 0 Å². The smallest absolute Gasteiger partial charge is 0.226 e. The van der Waals surface area contributed by atoms with E-state index in [4.69, 9.17) is 11.6 Å². The first-order valence-electron chi connectivity index (χ1n) is 7.66. The summed E-state index contributed by atoms with van der Waals surface area (Å²) in [7, 11) is 0. The van der Waals surface area contributed by atoms with Gasteiger partial charge in [0.2, 0.25) is 5.91 Å². The van der Waals surface area contributed by atoms with Crippen LogP contribution in [0.4, 0.5) is 14.5 Å². The van der Waals surface area contributed by atoms with E-state index in [1.165, 1.54) is 24.3 Å². The summed E-state index contributed by atoms with van der Waals surface area (Å²) in [5.41, 5.74) is 0.711. The number of rotatable bonds is 5. The average molecular weight is 361 g/mol. The molecule has 3 aromatic rings. The summed E-state index contributed by atoms with van der Waals surface area (Å²) in [6.45, 7) is 0. The Labute approximate surface area is 148 Å². The molecule has 0 bridgehead atoms. The Morgan fingerprint density at radius 3 is 2.52 bits per heavy atom. The third-order valence-electron chi connectivity index (χ3n) is 3.80. The van der Waals surface area contributed by atoms with E-state index in [1.807, 2.05) is 16.7 Å². The summed E-state index contributed by atoms with van der Waals surface area (Å²) in [5.74, 6) is -1.37. The minimum atomic E-state index is -0.607. The first-order valence-corrected chi connectivity index (χ1v) is 8.03. The van der Waals surface area contributed by atoms with Crippen molar-refractivity contribution in [2.24, 2.45) is 0 Å². The monoisotopic (exact) mass is 360 g/mol. The highest BCUT2D eigenvalue weighted by atomic mass is 35.5. The van der Waals surface area contributed by atoms with E-state index >= 15 is 0 Å². The van der Waals surface area contributed by atoms with Crippen molar-refractivity contribution in [3.63, 3.8) is 0 Å². The summed E-state index contributed by atoms with van der Waals surface area (Å²) in [5, 5.41) is 2.78. The summed E-state index contributed by atoms with van der Waals surface area (Å²) < 4.78 is 29.2. The highest BCUT2D eigenvalue weighted by Gasteiger charge is 2.19. The zero-order valence-electron chi connectivity index (χ0n) is 13.1. The molecule has 6 heteroatoms. The highest BCUT2D eigenvalue weighted by molar-refractivity contribution is 6.30. The van der Waals surface area contributed by atoms with Crippen LogP contribution in [0.1, 0.15) is 18.0 Å². The Balaban J connectivity index is 1.82. The number of aromatic nitrogens is 1. The van der Waals surface area contributed by atoms with Crippen molar-refractivity contribution in [1.82, 2.24) is 4.57 Å². The van der Waals surface area contributed by atoms with Crippen LogP contribution in [0.5, 0.6) is 0 Å². The number of benzene rings is 2. The van der Waals surface area contributed by atoms with Crippen LogP contribution in [0.3, 0.4) is 0 Å². The zero-order chi connectivity index (χ0) is 17.8. The van der Waals surface area contributed by atoms with E-state index in [2.05, 4.69) is 5.32 Å². The van der Waals surface area contributed by atoms with E-state index in [-0.39, 0.29) is 28.9 Å². The number of nitrogens with one attached hydrogen (secondary N) is 1. The molecule has 1 N–H and O–H groups in total. The molecular formula is C19H15ClF2N2O. The number of nitrogens with zero attached hydrogens (tertiary/aromatic N) is 1. The van der Waals surface area contributed by atoms with Gasteiger partial charge in [0.1, 0.15) is 11.6 Å². The van der Waals surface area contributed by atoms with Gasteiger partial charge in [-0.25, -0.2) is 8.78 Å². The Morgan fingerprint density at radius 1 is 1.08 bits per heavy atom. The fraction of sp³-hybridized carbons (Fsp3) is 0.105. The number of hydrogen-bond acceptors (Lipinski definition) is 1. The standard InChI is InChI=1S/C19H15ClF2N2O/c20-14-6-7-17(16(22)11-14)23-19(25)12-18(24-8-1-2-9-24)13-4-3-5-15(21)10-13/h1-11,18H,12H2,(H,23,25). The molecule has 1 aromatic heterocycles. The minimum Gasteiger partial charge on any atom is -0.346 e. The predicted molar refractivity (Wildman–Crippen MR) is 93.6 cm³/mol. The average Bonchev–Trinajstić information content (AvgIpc) is 3.09. The van der Waals surface area contributed by atoms with E-state index in [0.717, 1.165) is 6.07 Å². The summed E-state index contributed by atoms with van der Waals surface area (Å²) in [6, 6.07) is 13.4. The summed E-state index contributed by atoms with van der Waals surface area (Å²) >= 11 is 5.71. The SMILES string of the molecule is O=C(CC(c1cccc(F)c1)n1cccc1)Nc1ccc(Cl)cc1F. The molecule has 0 spiro atoms. The van der Waals surface area contributed by atoms with Crippen molar-refractivity contribution >= 4 is 23.2 Å². The lowest BCUT2D eigenvalue weighted by Crippen LogP contribution is -2.20. The van der Waals surface area contributed by atoms with Crippen LogP contribution in [-0.2, 0) is 4.79 Å². The molecule has 3 nitrogen and oxygen atoms in total. The first kappa shape index (κ1) is 17.2. The summed E-state index contributed by atoms with van der Waals surface area (Å²) in [6.07, 6.45) is 3.62. The van der Waals surface area contributed by atoms with Crippen LogP contribution in [0.15, 0.2) is 67.0 Å². The fourth-order valence-electron chi connectivity index (χ4n) is 2.63. The van der Waals surface area contributed by atoms with Gasteiger partial charge in [0.15, 0.2) is 0 Å². The van der Waals surface area contributed by atoms with Gasteiger partial charge in [-0.15, -0.1) is 0 Å². The molecule has 3 rings (SSSR count). The second-order valence-electron chi connectivity index (χ2n) is 5.58. The lowest BCUT2D eigenvalue weighted by molar-refractivity contribution is -0.116. The maximum atomic E-state index is 13.8. The van der Waals surface area contributed by atoms with Crippen molar-refractivity contribution in [2.45, 2.75) is 12.5 Å². The predicted octanol–water partition coefficient (Wildman–Crippen LogP) is 5.04. The Kier molecular flexibility index (Phi) is 5.14. The minimum absolute atomic E-state index is 0.0280. The van der Waals surface area contributed by atoms with Gasteiger partial charge in [-0.3, -0.25) is 4.79 Å². The molecule has 0 aliphatic carbocycles. The maximum Gasteiger partial charge on any atom is 0.226 e. The number of carbonyl (C=O) groups excluding carboxylic acids is 1. The number of hydrogen-bond donors (Lipinski definition) is 1.